The maximum Gasteiger partial charge on any atom is 0.314 e. The van der Waals surface area contributed by atoms with Crippen LogP contribution in [0.15, 0.2) is 72.9 Å². The third-order valence-electron chi connectivity index (χ3n) is 5.21. The van der Waals surface area contributed by atoms with Crippen LogP contribution in [-0.2, 0) is 4.79 Å². The van der Waals surface area contributed by atoms with E-state index in [1.165, 1.54) is 0 Å². The Balaban J connectivity index is 1.32. The summed E-state index contributed by atoms with van der Waals surface area (Å²) >= 11 is 0. The van der Waals surface area contributed by atoms with Crippen LogP contribution in [0.25, 0.3) is 11.1 Å². The molecule has 3 aromatic rings. The largest absolute Gasteiger partial charge is 0.426 e. The topological polar surface area (TPSA) is 66.2 Å². The Hall–Kier alpha value is -3.65. The second-order valence-electron chi connectivity index (χ2n) is 7.09. The highest BCUT2D eigenvalue weighted by Crippen LogP contribution is 2.26. The highest BCUT2D eigenvalue weighted by molar-refractivity contribution is 5.76. The lowest BCUT2D eigenvalue weighted by Gasteiger charge is -2.31. The SMILES string of the molecule is N#Cc1ccc(N2CCC(C(=O)Oc3ccc(-c4ccccc4)cc3)CC2)nc1. The normalized spacial score (nSPS) is 14.2. The van der Waals surface area contributed by atoms with Gasteiger partial charge in [0.15, 0.2) is 0 Å². The first-order valence-electron chi connectivity index (χ1n) is 9.71. The predicted octanol–water partition coefficient (Wildman–Crippen LogP) is 4.44. The molecule has 0 atom stereocenters. The van der Waals surface area contributed by atoms with Crippen LogP contribution >= 0.6 is 0 Å². The lowest BCUT2D eigenvalue weighted by atomic mass is 9.97. The number of hydrogen-bond donors (Lipinski definition) is 0. The van der Waals surface area contributed by atoms with Gasteiger partial charge in [0.05, 0.1) is 11.5 Å². The third-order valence-corrected chi connectivity index (χ3v) is 5.21. The monoisotopic (exact) mass is 383 g/mol. The second kappa shape index (κ2) is 8.57. The molecule has 1 aliphatic rings. The Labute approximate surface area is 170 Å². The number of aromatic nitrogens is 1. The minimum Gasteiger partial charge on any atom is -0.426 e. The summed E-state index contributed by atoms with van der Waals surface area (Å²) in [4.78, 5) is 19.0. The van der Waals surface area contributed by atoms with E-state index in [0.717, 1.165) is 42.9 Å². The molecular formula is C24H21N3O2. The number of carbonyl (C=O) groups excluding carboxylic acids is 1. The van der Waals surface area contributed by atoms with E-state index in [4.69, 9.17) is 10.00 Å². The molecule has 0 unspecified atom stereocenters. The van der Waals surface area contributed by atoms with E-state index in [9.17, 15) is 4.79 Å². The van der Waals surface area contributed by atoms with E-state index in [2.05, 4.69) is 28.1 Å². The Kier molecular flexibility index (Phi) is 5.53. The van der Waals surface area contributed by atoms with Crippen LogP contribution in [-0.4, -0.2) is 24.0 Å². The number of ether oxygens (including phenoxy) is 1. The van der Waals surface area contributed by atoms with E-state index < -0.39 is 0 Å². The first kappa shape index (κ1) is 18.7. The average Bonchev–Trinajstić information content (AvgIpc) is 2.80. The van der Waals surface area contributed by atoms with Crippen molar-refractivity contribution in [2.24, 2.45) is 5.92 Å². The van der Waals surface area contributed by atoms with E-state index >= 15 is 0 Å². The number of carbonyl (C=O) groups is 1. The fraction of sp³-hybridized carbons (Fsp3) is 0.208. The highest BCUT2D eigenvalue weighted by Gasteiger charge is 2.27. The molecule has 1 aliphatic heterocycles. The van der Waals surface area contributed by atoms with Crippen molar-refractivity contribution in [2.45, 2.75) is 12.8 Å². The number of esters is 1. The molecule has 0 radical (unpaired) electrons. The van der Waals surface area contributed by atoms with Crippen LogP contribution in [0.4, 0.5) is 5.82 Å². The Morgan fingerprint density at radius 1 is 0.966 bits per heavy atom. The van der Waals surface area contributed by atoms with Crippen LogP contribution in [0.3, 0.4) is 0 Å². The molecule has 0 spiro atoms. The van der Waals surface area contributed by atoms with Gasteiger partial charge in [-0.2, -0.15) is 5.26 Å². The van der Waals surface area contributed by atoms with Gasteiger partial charge in [-0.25, -0.2) is 4.98 Å². The van der Waals surface area contributed by atoms with Crippen molar-refractivity contribution in [1.29, 1.82) is 5.26 Å². The molecule has 5 heteroatoms. The van der Waals surface area contributed by atoms with Gasteiger partial charge in [-0.1, -0.05) is 42.5 Å². The van der Waals surface area contributed by atoms with Crippen molar-refractivity contribution in [2.75, 3.05) is 18.0 Å². The molecule has 2 aromatic carbocycles. The van der Waals surface area contributed by atoms with Gasteiger partial charge < -0.3 is 9.64 Å². The van der Waals surface area contributed by atoms with Crippen LogP contribution in [0.1, 0.15) is 18.4 Å². The Bertz CT molecular complexity index is 1000. The van der Waals surface area contributed by atoms with E-state index in [1.807, 2.05) is 48.5 Å². The van der Waals surface area contributed by atoms with E-state index in [-0.39, 0.29) is 11.9 Å². The lowest BCUT2D eigenvalue weighted by molar-refractivity contribution is -0.139. The van der Waals surface area contributed by atoms with Gasteiger partial charge in [-0.15, -0.1) is 0 Å². The summed E-state index contributed by atoms with van der Waals surface area (Å²) in [6.45, 7) is 1.48. The van der Waals surface area contributed by atoms with E-state index in [1.54, 1.807) is 12.3 Å². The van der Waals surface area contributed by atoms with Gasteiger partial charge in [0.2, 0.25) is 0 Å². The Morgan fingerprint density at radius 2 is 1.66 bits per heavy atom. The summed E-state index contributed by atoms with van der Waals surface area (Å²) in [6, 6.07) is 23.4. The summed E-state index contributed by atoms with van der Waals surface area (Å²) in [5.74, 6) is 1.13. The fourth-order valence-corrected chi connectivity index (χ4v) is 3.53. The fourth-order valence-electron chi connectivity index (χ4n) is 3.53. The quantitative estimate of drug-likeness (QED) is 0.492. The molecule has 29 heavy (non-hydrogen) atoms. The summed E-state index contributed by atoms with van der Waals surface area (Å²) in [7, 11) is 0. The van der Waals surface area contributed by atoms with Crippen molar-refractivity contribution in [1.82, 2.24) is 4.98 Å². The number of benzene rings is 2. The smallest absolute Gasteiger partial charge is 0.314 e. The van der Waals surface area contributed by atoms with Crippen molar-refractivity contribution in [3.63, 3.8) is 0 Å². The van der Waals surface area contributed by atoms with Gasteiger partial charge in [-0.3, -0.25) is 4.79 Å². The van der Waals surface area contributed by atoms with Crippen molar-refractivity contribution in [3.05, 3.63) is 78.5 Å². The van der Waals surface area contributed by atoms with Gasteiger partial charge >= 0.3 is 5.97 Å². The first-order chi connectivity index (χ1) is 14.2. The van der Waals surface area contributed by atoms with Gasteiger partial charge in [0, 0.05) is 19.3 Å². The second-order valence-corrected chi connectivity index (χ2v) is 7.09. The predicted molar refractivity (Wildman–Crippen MR) is 111 cm³/mol. The summed E-state index contributed by atoms with van der Waals surface area (Å²) in [6.07, 6.45) is 3.03. The summed E-state index contributed by atoms with van der Waals surface area (Å²) < 4.78 is 5.61. The minimum atomic E-state index is -0.176. The molecule has 0 bridgehead atoms. The summed E-state index contributed by atoms with van der Waals surface area (Å²) in [5.41, 5.74) is 2.77. The molecule has 1 fully saturated rings. The van der Waals surface area contributed by atoms with Crippen LogP contribution in [0.5, 0.6) is 5.75 Å². The van der Waals surface area contributed by atoms with Crippen LogP contribution in [0, 0.1) is 17.2 Å². The number of rotatable bonds is 4. The molecule has 5 nitrogen and oxygen atoms in total. The van der Waals surface area contributed by atoms with Crippen LogP contribution < -0.4 is 9.64 Å². The molecule has 144 valence electrons. The van der Waals surface area contributed by atoms with Gasteiger partial charge in [0.25, 0.3) is 0 Å². The summed E-state index contributed by atoms with van der Waals surface area (Å²) in [5, 5.41) is 8.87. The highest BCUT2D eigenvalue weighted by atomic mass is 16.5. The van der Waals surface area contributed by atoms with Gasteiger partial charge in [0.1, 0.15) is 17.6 Å². The first-order valence-corrected chi connectivity index (χ1v) is 9.71. The molecule has 1 saturated heterocycles. The molecule has 4 rings (SSSR count). The number of anilines is 1. The maximum absolute atomic E-state index is 12.6. The number of hydrogen-bond acceptors (Lipinski definition) is 5. The van der Waals surface area contributed by atoms with Crippen molar-refractivity contribution >= 4 is 11.8 Å². The molecule has 0 aliphatic carbocycles. The molecule has 0 amide bonds. The van der Waals surface area contributed by atoms with E-state index in [0.29, 0.717) is 11.3 Å². The maximum atomic E-state index is 12.6. The van der Waals surface area contributed by atoms with Crippen molar-refractivity contribution < 1.29 is 9.53 Å². The minimum absolute atomic E-state index is 0.113. The molecule has 0 N–H and O–H groups in total. The number of nitrogens with zero attached hydrogens (tertiary/aromatic N) is 3. The molecule has 2 heterocycles. The average molecular weight is 383 g/mol. The third kappa shape index (κ3) is 4.44. The van der Waals surface area contributed by atoms with Gasteiger partial charge in [-0.05, 0) is 48.2 Å². The number of pyridine rings is 1. The zero-order valence-corrected chi connectivity index (χ0v) is 16.0. The van der Waals surface area contributed by atoms with Crippen LogP contribution in [0.2, 0.25) is 0 Å². The molecular weight excluding hydrogens is 362 g/mol. The number of nitriles is 1. The zero-order valence-electron chi connectivity index (χ0n) is 16.0. The number of piperidine rings is 1. The standard InChI is InChI=1S/C24H21N3O2/c25-16-18-6-11-23(26-17-18)27-14-12-21(13-15-27)24(28)29-22-9-7-20(8-10-22)19-4-2-1-3-5-19/h1-11,17,21H,12-15H2. The lowest BCUT2D eigenvalue weighted by Crippen LogP contribution is -2.38. The van der Waals surface area contributed by atoms with Crippen molar-refractivity contribution in [3.8, 4) is 22.9 Å². The zero-order chi connectivity index (χ0) is 20.1. The molecule has 1 aromatic heterocycles. The molecule has 0 saturated carbocycles. The Morgan fingerprint density at radius 3 is 2.28 bits per heavy atom.